The number of methoxy groups -OCH3 is 1. The molecule has 0 rings (SSSR count). The molecule has 0 saturated heterocycles. The van der Waals surface area contributed by atoms with E-state index in [0.717, 1.165) is 0 Å². The van der Waals surface area contributed by atoms with E-state index in [1.54, 1.807) is 20.8 Å². The van der Waals surface area contributed by atoms with Crippen molar-refractivity contribution in [3.8, 4) is 0 Å². The van der Waals surface area contributed by atoms with Crippen molar-refractivity contribution in [2.75, 3.05) is 20.3 Å². The van der Waals surface area contributed by atoms with Gasteiger partial charge in [0.2, 0.25) is 0 Å². The van der Waals surface area contributed by atoms with E-state index in [0.29, 0.717) is 6.61 Å². The molecular formula is C9H17NO4. The maximum absolute atomic E-state index is 11.2. The fourth-order valence-electron chi connectivity index (χ4n) is 0.921. The smallest absolute Gasteiger partial charge is 0.410 e. The van der Waals surface area contributed by atoms with Gasteiger partial charge in [-0.2, -0.15) is 0 Å². The molecule has 5 heteroatoms. The molecule has 0 heterocycles. The summed E-state index contributed by atoms with van der Waals surface area (Å²) in [5, 5.41) is 0. The van der Waals surface area contributed by atoms with Crippen LogP contribution in [0.3, 0.4) is 0 Å². The summed E-state index contributed by atoms with van der Waals surface area (Å²) in [5.41, 5.74) is 0. The van der Waals surface area contributed by atoms with Crippen LogP contribution in [0.4, 0.5) is 4.79 Å². The summed E-state index contributed by atoms with van der Waals surface area (Å²) in [5.74, 6) is -0.424. The third-order valence-electron chi connectivity index (χ3n) is 1.64. The molecule has 0 aromatic carbocycles. The number of nitrogens with zero attached hydrogens (tertiary/aromatic N) is 1. The summed E-state index contributed by atoms with van der Waals surface area (Å²) in [6, 6.07) is -0.0909. The number of hydrogen-bond acceptors (Lipinski definition) is 4. The van der Waals surface area contributed by atoms with E-state index in [1.165, 1.54) is 12.0 Å². The zero-order valence-corrected chi connectivity index (χ0v) is 9.07. The fourth-order valence-corrected chi connectivity index (χ4v) is 0.921. The Morgan fingerprint density at radius 3 is 2.29 bits per heavy atom. The number of ether oxygens (including phenoxy) is 2. The van der Waals surface area contributed by atoms with E-state index in [4.69, 9.17) is 4.74 Å². The Bertz CT molecular complexity index is 203. The van der Waals surface area contributed by atoms with Crippen molar-refractivity contribution < 1.29 is 19.1 Å². The molecule has 1 amide bonds. The van der Waals surface area contributed by atoms with Gasteiger partial charge in [0.25, 0.3) is 0 Å². The minimum absolute atomic E-state index is 0.0713. The summed E-state index contributed by atoms with van der Waals surface area (Å²) < 4.78 is 9.26. The quantitative estimate of drug-likeness (QED) is 0.640. The highest BCUT2D eigenvalue weighted by Gasteiger charge is 2.20. The topological polar surface area (TPSA) is 55.8 Å². The van der Waals surface area contributed by atoms with Crippen molar-refractivity contribution in [1.29, 1.82) is 0 Å². The highest BCUT2D eigenvalue weighted by Crippen LogP contribution is 2.01. The molecule has 14 heavy (non-hydrogen) atoms. The third-order valence-corrected chi connectivity index (χ3v) is 1.64. The Morgan fingerprint density at radius 2 is 1.93 bits per heavy atom. The maximum Gasteiger partial charge on any atom is 0.410 e. The molecule has 5 nitrogen and oxygen atoms in total. The lowest BCUT2D eigenvalue weighted by atomic mass is 10.3. The van der Waals surface area contributed by atoms with Gasteiger partial charge in [0.05, 0.1) is 13.7 Å². The average Bonchev–Trinajstić information content (AvgIpc) is 2.13. The number of carbonyl (C=O) groups is 2. The first kappa shape index (κ1) is 12.7. The maximum atomic E-state index is 11.2. The predicted octanol–water partition coefficient (Wildman–Crippen LogP) is 1.03. The number of hydrogen-bond donors (Lipinski definition) is 0. The van der Waals surface area contributed by atoms with Crippen LogP contribution in [0.2, 0.25) is 0 Å². The summed E-state index contributed by atoms with van der Waals surface area (Å²) in [6.45, 7) is 5.56. The molecular weight excluding hydrogens is 186 g/mol. The van der Waals surface area contributed by atoms with Gasteiger partial charge >= 0.3 is 12.1 Å². The summed E-state index contributed by atoms with van der Waals surface area (Å²) >= 11 is 0. The van der Waals surface area contributed by atoms with Gasteiger partial charge in [0.1, 0.15) is 6.54 Å². The zero-order valence-electron chi connectivity index (χ0n) is 9.07. The lowest BCUT2D eigenvalue weighted by Gasteiger charge is -2.23. The molecule has 82 valence electrons. The molecule has 0 aliphatic rings. The Kier molecular flexibility index (Phi) is 5.67. The zero-order chi connectivity index (χ0) is 11.1. The normalized spacial score (nSPS) is 9.79. The van der Waals surface area contributed by atoms with Crippen LogP contribution in [0, 0.1) is 0 Å². The SMILES string of the molecule is CCOC(=O)CN(C(=O)OC)C(C)C. The lowest BCUT2D eigenvalue weighted by molar-refractivity contribution is -0.144. The first-order valence-corrected chi connectivity index (χ1v) is 4.53. The average molecular weight is 203 g/mol. The fraction of sp³-hybridized carbons (Fsp3) is 0.778. The van der Waals surface area contributed by atoms with Crippen molar-refractivity contribution in [2.24, 2.45) is 0 Å². The third kappa shape index (κ3) is 4.11. The van der Waals surface area contributed by atoms with Crippen LogP contribution >= 0.6 is 0 Å². The minimum Gasteiger partial charge on any atom is -0.465 e. The number of esters is 1. The van der Waals surface area contributed by atoms with Gasteiger partial charge < -0.3 is 9.47 Å². The van der Waals surface area contributed by atoms with E-state index in [-0.39, 0.29) is 12.6 Å². The minimum atomic E-state index is -0.520. The van der Waals surface area contributed by atoms with E-state index in [1.807, 2.05) is 0 Å². The molecule has 0 N–H and O–H groups in total. The van der Waals surface area contributed by atoms with Crippen LogP contribution in [-0.4, -0.2) is 43.3 Å². The Hall–Kier alpha value is -1.26. The van der Waals surface area contributed by atoms with Crippen LogP contribution < -0.4 is 0 Å². The molecule has 0 spiro atoms. The predicted molar refractivity (Wildman–Crippen MR) is 50.9 cm³/mol. The van der Waals surface area contributed by atoms with Crippen molar-refractivity contribution in [3.05, 3.63) is 0 Å². The van der Waals surface area contributed by atoms with Gasteiger partial charge in [-0.25, -0.2) is 4.79 Å². The van der Waals surface area contributed by atoms with Crippen LogP contribution in [0.15, 0.2) is 0 Å². The molecule has 0 fully saturated rings. The molecule has 0 aliphatic heterocycles. The first-order valence-electron chi connectivity index (χ1n) is 4.53. The highest BCUT2D eigenvalue weighted by molar-refractivity contribution is 5.78. The van der Waals surface area contributed by atoms with Gasteiger partial charge in [-0.3, -0.25) is 9.69 Å². The molecule has 0 aliphatic carbocycles. The van der Waals surface area contributed by atoms with Crippen LogP contribution in [-0.2, 0) is 14.3 Å². The van der Waals surface area contributed by atoms with Gasteiger partial charge in [0.15, 0.2) is 0 Å². The van der Waals surface area contributed by atoms with E-state index in [2.05, 4.69) is 4.74 Å². The molecule has 0 atom stereocenters. The Balaban J connectivity index is 4.23. The van der Waals surface area contributed by atoms with E-state index in [9.17, 15) is 9.59 Å². The van der Waals surface area contributed by atoms with Crippen LogP contribution in [0.1, 0.15) is 20.8 Å². The monoisotopic (exact) mass is 203 g/mol. The highest BCUT2D eigenvalue weighted by atomic mass is 16.5. The van der Waals surface area contributed by atoms with E-state index < -0.39 is 12.1 Å². The molecule has 0 saturated carbocycles. The van der Waals surface area contributed by atoms with Crippen LogP contribution in [0.5, 0.6) is 0 Å². The lowest BCUT2D eigenvalue weighted by Crippen LogP contribution is -2.41. The van der Waals surface area contributed by atoms with Crippen molar-refractivity contribution >= 4 is 12.1 Å². The van der Waals surface area contributed by atoms with Gasteiger partial charge in [-0.15, -0.1) is 0 Å². The van der Waals surface area contributed by atoms with Gasteiger partial charge in [0, 0.05) is 6.04 Å². The van der Waals surface area contributed by atoms with Crippen molar-refractivity contribution in [1.82, 2.24) is 4.90 Å². The first-order chi connectivity index (χ1) is 6.52. The molecule has 0 unspecified atom stereocenters. The Morgan fingerprint density at radius 1 is 1.36 bits per heavy atom. The number of amides is 1. The van der Waals surface area contributed by atoms with Crippen molar-refractivity contribution in [2.45, 2.75) is 26.8 Å². The summed E-state index contributed by atoms with van der Waals surface area (Å²) in [6.07, 6.45) is -0.520. The van der Waals surface area contributed by atoms with Gasteiger partial charge in [-0.05, 0) is 20.8 Å². The standard InChI is InChI=1S/C9H17NO4/c1-5-14-8(11)6-10(7(2)3)9(12)13-4/h7H,5-6H2,1-4H3. The summed E-state index contributed by atoms with van der Waals surface area (Å²) in [7, 11) is 1.28. The van der Waals surface area contributed by atoms with Gasteiger partial charge in [-0.1, -0.05) is 0 Å². The second-order valence-electron chi connectivity index (χ2n) is 3.00. The number of rotatable bonds is 4. The molecule has 0 bridgehead atoms. The largest absolute Gasteiger partial charge is 0.465 e. The second kappa shape index (κ2) is 6.23. The molecule has 0 aromatic rings. The summed E-state index contributed by atoms with van der Waals surface area (Å²) in [4.78, 5) is 23.6. The van der Waals surface area contributed by atoms with E-state index >= 15 is 0 Å². The second-order valence-corrected chi connectivity index (χ2v) is 3.00. The molecule has 0 aromatic heterocycles. The number of carbonyl (C=O) groups excluding carboxylic acids is 2. The molecule has 0 radical (unpaired) electrons. The van der Waals surface area contributed by atoms with Crippen molar-refractivity contribution in [3.63, 3.8) is 0 Å². The Labute approximate surface area is 84.0 Å². The van der Waals surface area contributed by atoms with Crippen LogP contribution in [0.25, 0.3) is 0 Å².